The van der Waals surface area contributed by atoms with Crippen molar-refractivity contribution in [2.24, 2.45) is 5.84 Å². The number of rotatable bonds is 4. The fourth-order valence-corrected chi connectivity index (χ4v) is 2.74. The van der Waals surface area contributed by atoms with Gasteiger partial charge in [0.1, 0.15) is 17.5 Å². The Morgan fingerprint density at radius 1 is 1.42 bits per heavy atom. The number of nitrogens with one attached hydrogen (secondary N) is 1. The summed E-state index contributed by atoms with van der Waals surface area (Å²) in [4.78, 5) is 11.7. The first-order valence-electron chi connectivity index (χ1n) is 7.20. The van der Waals surface area contributed by atoms with E-state index in [-0.39, 0.29) is 0 Å². The van der Waals surface area contributed by atoms with E-state index in [4.69, 9.17) is 10.8 Å². The van der Waals surface area contributed by atoms with E-state index in [9.17, 15) is 0 Å². The molecule has 0 radical (unpaired) electrons. The van der Waals surface area contributed by atoms with Crippen LogP contribution in [-0.4, -0.2) is 22.6 Å². The van der Waals surface area contributed by atoms with Crippen LogP contribution < -0.4 is 16.2 Å². The van der Waals surface area contributed by atoms with Gasteiger partial charge >= 0.3 is 0 Å². The Morgan fingerprint density at radius 3 is 2.74 bits per heavy atom. The Labute approximate surface area is 115 Å². The third-order valence-electron chi connectivity index (χ3n) is 3.91. The molecule has 2 heterocycles. The maximum atomic E-state index is 5.60. The number of hydrogen-bond acceptors (Lipinski definition) is 5. The molecular formula is C14H25N5. The molecule has 3 N–H and O–H groups in total. The van der Waals surface area contributed by atoms with Crippen LogP contribution in [0, 0.1) is 6.92 Å². The number of anilines is 2. The molecule has 1 fully saturated rings. The van der Waals surface area contributed by atoms with Crippen LogP contribution in [0.2, 0.25) is 0 Å². The molecule has 5 heteroatoms. The van der Waals surface area contributed by atoms with Crippen LogP contribution >= 0.6 is 0 Å². The molecule has 0 bridgehead atoms. The zero-order chi connectivity index (χ0) is 14.0. The van der Waals surface area contributed by atoms with E-state index in [1.165, 1.54) is 12.8 Å². The topological polar surface area (TPSA) is 67.1 Å². The molecule has 0 amide bonds. The average molecular weight is 263 g/mol. The second kappa shape index (κ2) is 5.74. The van der Waals surface area contributed by atoms with Crippen molar-refractivity contribution < 1.29 is 0 Å². The normalized spacial score (nSPS) is 19.3. The van der Waals surface area contributed by atoms with E-state index in [1.807, 2.05) is 6.92 Å². The highest BCUT2D eigenvalue weighted by Gasteiger charge is 2.27. The Morgan fingerprint density at radius 2 is 2.16 bits per heavy atom. The summed E-state index contributed by atoms with van der Waals surface area (Å²) in [5.74, 6) is 8.55. The minimum absolute atomic E-state index is 0.300. The summed E-state index contributed by atoms with van der Waals surface area (Å²) >= 11 is 0. The summed E-state index contributed by atoms with van der Waals surface area (Å²) < 4.78 is 0. The molecular weight excluding hydrogens is 238 g/mol. The van der Waals surface area contributed by atoms with E-state index >= 15 is 0 Å². The van der Waals surface area contributed by atoms with Crippen molar-refractivity contribution in [2.45, 2.75) is 58.9 Å². The van der Waals surface area contributed by atoms with Crippen LogP contribution in [0.25, 0.3) is 0 Å². The number of hydrogen-bond donors (Lipinski definition) is 2. The van der Waals surface area contributed by atoms with Gasteiger partial charge in [0, 0.05) is 24.1 Å². The third-order valence-corrected chi connectivity index (χ3v) is 3.91. The van der Waals surface area contributed by atoms with Crippen LogP contribution in [-0.2, 0) is 0 Å². The molecule has 1 atom stereocenters. The highest BCUT2D eigenvalue weighted by molar-refractivity contribution is 5.59. The Hall–Kier alpha value is -1.36. The smallest absolute Gasteiger partial charge is 0.148 e. The number of nitrogens with two attached hydrogens (primary N) is 1. The molecule has 106 valence electrons. The number of nitrogen functional groups attached to an aromatic ring is 1. The standard InChI is InChI=1S/C14H25N5/c1-5-11-7-6-8-19(11)14-10(4)13(18-15)16-12(17-14)9(2)3/h9,11H,5-8,15H2,1-4H3,(H,16,17,18). The maximum absolute atomic E-state index is 5.60. The first-order chi connectivity index (χ1) is 9.08. The van der Waals surface area contributed by atoms with Crippen molar-refractivity contribution in [3.05, 3.63) is 11.4 Å². The van der Waals surface area contributed by atoms with Gasteiger partial charge in [-0.1, -0.05) is 20.8 Å². The van der Waals surface area contributed by atoms with Crippen molar-refractivity contribution in [2.75, 3.05) is 16.9 Å². The van der Waals surface area contributed by atoms with Gasteiger partial charge in [-0.15, -0.1) is 0 Å². The van der Waals surface area contributed by atoms with E-state index in [0.717, 1.165) is 36.0 Å². The van der Waals surface area contributed by atoms with Crippen LogP contribution in [0.5, 0.6) is 0 Å². The largest absolute Gasteiger partial charge is 0.353 e. The Bertz CT molecular complexity index is 444. The van der Waals surface area contributed by atoms with Crippen LogP contribution in [0.3, 0.4) is 0 Å². The zero-order valence-electron chi connectivity index (χ0n) is 12.4. The first kappa shape index (κ1) is 14.1. The van der Waals surface area contributed by atoms with Crippen molar-refractivity contribution in [3.8, 4) is 0 Å². The Kier molecular flexibility index (Phi) is 4.24. The van der Waals surface area contributed by atoms with E-state index in [2.05, 4.69) is 36.1 Å². The number of aromatic nitrogens is 2. The molecule has 0 aromatic carbocycles. The van der Waals surface area contributed by atoms with Crippen molar-refractivity contribution in [1.29, 1.82) is 0 Å². The fraction of sp³-hybridized carbons (Fsp3) is 0.714. The molecule has 19 heavy (non-hydrogen) atoms. The molecule has 1 saturated heterocycles. The van der Waals surface area contributed by atoms with Gasteiger partial charge in [0.2, 0.25) is 0 Å². The summed E-state index contributed by atoms with van der Waals surface area (Å²) in [7, 11) is 0. The van der Waals surface area contributed by atoms with Crippen LogP contribution in [0.1, 0.15) is 57.3 Å². The van der Waals surface area contributed by atoms with Crippen molar-refractivity contribution in [3.63, 3.8) is 0 Å². The lowest BCUT2D eigenvalue weighted by molar-refractivity contribution is 0.634. The summed E-state index contributed by atoms with van der Waals surface area (Å²) in [6.45, 7) is 9.58. The van der Waals surface area contributed by atoms with Gasteiger partial charge in [0.05, 0.1) is 0 Å². The predicted octanol–water partition coefficient (Wildman–Crippen LogP) is 2.57. The van der Waals surface area contributed by atoms with Gasteiger partial charge in [-0.05, 0) is 26.2 Å². The lowest BCUT2D eigenvalue weighted by Gasteiger charge is -2.27. The first-order valence-corrected chi connectivity index (χ1v) is 7.20. The number of hydrazine groups is 1. The second-order valence-corrected chi connectivity index (χ2v) is 5.58. The molecule has 0 aliphatic carbocycles. The molecule has 1 aliphatic heterocycles. The molecule has 1 unspecified atom stereocenters. The van der Waals surface area contributed by atoms with Gasteiger partial charge in [0.15, 0.2) is 0 Å². The molecule has 2 rings (SSSR count). The second-order valence-electron chi connectivity index (χ2n) is 5.58. The van der Waals surface area contributed by atoms with Crippen LogP contribution in [0.4, 0.5) is 11.6 Å². The summed E-state index contributed by atoms with van der Waals surface area (Å²) in [6, 6.07) is 0.597. The predicted molar refractivity (Wildman–Crippen MR) is 79.3 cm³/mol. The molecule has 1 aromatic heterocycles. The molecule has 0 spiro atoms. The number of nitrogens with zero attached hydrogens (tertiary/aromatic N) is 3. The third kappa shape index (κ3) is 2.66. The average Bonchev–Trinajstić information content (AvgIpc) is 2.86. The SMILES string of the molecule is CCC1CCCN1c1nc(C(C)C)nc(NN)c1C. The Balaban J connectivity index is 2.45. The fourth-order valence-electron chi connectivity index (χ4n) is 2.74. The lowest BCUT2D eigenvalue weighted by atomic mass is 10.1. The van der Waals surface area contributed by atoms with Gasteiger partial charge in [-0.3, -0.25) is 0 Å². The molecule has 1 aromatic rings. The van der Waals surface area contributed by atoms with Crippen molar-refractivity contribution >= 4 is 11.6 Å². The highest BCUT2D eigenvalue weighted by Crippen LogP contribution is 2.31. The van der Waals surface area contributed by atoms with Crippen LogP contribution in [0.15, 0.2) is 0 Å². The summed E-state index contributed by atoms with van der Waals surface area (Å²) in [5, 5.41) is 0. The minimum atomic E-state index is 0.300. The van der Waals surface area contributed by atoms with E-state index < -0.39 is 0 Å². The molecule has 0 saturated carbocycles. The van der Waals surface area contributed by atoms with E-state index in [0.29, 0.717) is 12.0 Å². The quantitative estimate of drug-likeness (QED) is 0.645. The molecule has 5 nitrogen and oxygen atoms in total. The minimum Gasteiger partial charge on any atom is -0.353 e. The van der Waals surface area contributed by atoms with Gasteiger partial charge in [-0.25, -0.2) is 15.8 Å². The molecule has 1 aliphatic rings. The monoisotopic (exact) mass is 263 g/mol. The summed E-state index contributed by atoms with van der Waals surface area (Å²) in [6.07, 6.45) is 3.65. The van der Waals surface area contributed by atoms with E-state index in [1.54, 1.807) is 0 Å². The van der Waals surface area contributed by atoms with Gasteiger partial charge in [0.25, 0.3) is 0 Å². The highest BCUT2D eigenvalue weighted by atomic mass is 15.3. The zero-order valence-corrected chi connectivity index (χ0v) is 12.4. The maximum Gasteiger partial charge on any atom is 0.148 e. The lowest BCUT2D eigenvalue weighted by Crippen LogP contribution is -2.31. The summed E-state index contributed by atoms with van der Waals surface area (Å²) in [5.41, 5.74) is 3.76. The van der Waals surface area contributed by atoms with Crippen molar-refractivity contribution in [1.82, 2.24) is 9.97 Å². The van der Waals surface area contributed by atoms with Gasteiger partial charge in [-0.2, -0.15) is 0 Å². The van der Waals surface area contributed by atoms with Gasteiger partial charge < -0.3 is 10.3 Å².